The Hall–Kier alpha value is 1.55. The van der Waals surface area contributed by atoms with E-state index in [2.05, 4.69) is 0 Å². The van der Waals surface area contributed by atoms with Crippen LogP contribution in [0.15, 0.2) is 0 Å². The minimum atomic E-state index is -1.12. The minimum absolute atomic E-state index is 0. The molecule has 0 aliphatic rings. The molecule has 0 aromatic carbocycles. The van der Waals surface area contributed by atoms with Crippen LogP contribution >= 0.6 is 0 Å². The molecular weight excluding hydrogens is 660 g/mol. The Bertz CT molecular complexity index is 275. The summed E-state index contributed by atoms with van der Waals surface area (Å²) in [5.74, 6) is 0.259. The molecule has 39 heavy (non-hydrogen) atoms. The van der Waals surface area contributed by atoms with Gasteiger partial charge in [-0.05, 0) is 51.4 Å². The summed E-state index contributed by atoms with van der Waals surface area (Å²) in [7, 11) is 0. The topological polar surface area (TPSA) is 162 Å². The Labute approximate surface area is 283 Å². The van der Waals surface area contributed by atoms with Gasteiger partial charge in [-0.2, -0.15) is 0 Å². The zero-order valence-corrected chi connectivity index (χ0v) is 36.9. The molecule has 0 saturated heterocycles. The second kappa shape index (κ2) is 52.2. The molecule has 238 valence electrons. The number of aliphatic hydroxyl groups is 8. The Morgan fingerprint density at radius 2 is 0.359 bits per heavy atom. The molecule has 0 aromatic heterocycles. The quantitative estimate of drug-likeness (QED) is 0.0814. The van der Waals surface area contributed by atoms with Crippen LogP contribution in [0.3, 0.4) is 0 Å². The van der Waals surface area contributed by atoms with E-state index in [9.17, 15) is 0 Å². The summed E-state index contributed by atoms with van der Waals surface area (Å²) >= 11 is 0. The minimum Gasteiger partial charge on any atom is -0.368 e. The van der Waals surface area contributed by atoms with Crippen LogP contribution < -0.4 is 0 Å². The summed E-state index contributed by atoms with van der Waals surface area (Å²) in [6.45, 7) is 15.6. The first-order valence-corrected chi connectivity index (χ1v) is 12.3. The van der Waals surface area contributed by atoms with Crippen LogP contribution in [0.25, 0.3) is 0 Å². The zero-order chi connectivity index (χ0) is 26.3. The van der Waals surface area contributed by atoms with Crippen molar-refractivity contribution in [2.75, 3.05) is 0 Å². The van der Waals surface area contributed by atoms with E-state index < -0.39 is 25.2 Å². The van der Waals surface area contributed by atoms with Gasteiger partial charge in [-0.25, -0.2) is 0 Å². The Balaban J connectivity index is -0.0000000281. The summed E-state index contributed by atoms with van der Waals surface area (Å²) in [4.78, 5) is 0. The molecule has 8 nitrogen and oxygen atoms in total. The van der Waals surface area contributed by atoms with Gasteiger partial charge in [-0.3, -0.25) is 0 Å². The van der Waals surface area contributed by atoms with Crippen molar-refractivity contribution >= 4 is 0 Å². The summed E-state index contributed by atoms with van der Waals surface area (Å²) in [6.07, 6.45) is 2.25. The first-order valence-electron chi connectivity index (χ1n) is 12.3. The van der Waals surface area contributed by atoms with E-state index in [-0.39, 0.29) is 112 Å². The van der Waals surface area contributed by atoms with E-state index in [0.29, 0.717) is 0 Å². The summed E-state index contributed by atoms with van der Waals surface area (Å²) in [5.41, 5.74) is 0. The van der Waals surface area contributed by atoms with Crippen molar-refractivity contribution in [2.45, 2.75) is 132 Å². The molecule has 0 amide bonds. The molecule has 0 rings (SSSR count). The van der Waals surface area contributed by atoms with Crippen molar-refractivity contribution in [2.24, 2.45) is 23.7 Å². The third kappa shape index (κ3) is 49.5. The first-order chi connectivity index (χ1) is 14.9. The van der Waals surface area contributed by atoms with Gasteiger partial charge in [-0.15, -0.1) is 0 Å². The molecule has 0 spiro atoms. The summed E-state index contributed by atoms with van der Waals surface area (Å²) in [6, 6.07) is 0. The SMILES string of the molecule is CCC(CC)C(O)O.CCC(CC)C(O)O.CCC(CC)C(O)O.CCC(CC)C(O)O.[CH3-].[CH3-].[CH3-].[CH3-].[Zn].[Zn].[Zn]. The van der Waals surface area contributed by atoms with Crippen LogP contribution in [0.2, 0.25) is 0 Å². The third-order valence-corrected chi connectivity index (χ3v) is 5.88. The van der Waals surface area contributed by atoms with Crippen molar-refractivity contribution in [1.29, 1.82) is 0 Å². The average molecular weight is 729 g/mol. The van der Waals surface area contributed by atoms with Crippen LogP contribution in [0.1, 0.15) is 107 Å². The fourth-order valence-electron chi connectivity index (χ4n) is 2.84. The van der Waals surface area contributed by atoms with Gasteiger partial charge in [0, 0.05) is 82.1 Å². The Kier molecular flexibility index (Phi) is 97.3. The van der Waals surface area contributed by atoms with Gasteiger partial charge in [0.25, 0.3) is 0 Å². The van der Waals surface area contributed by atoms with Gasteiger partial charge in [0.05, 0.1) is 0 Å². The van der Waals surface area contributed by atoms with Crippen molar-refractivity contribution in [1.82, 2.24) is 0 Å². The number of hydrogen-bond acceptors (Lipinski definition) is 8. The molecule has 0 aromatic rings. The molecule has 0 unspecified atom stereocenters. The number of rotatable bonds is 12. The largest absolute Gasteiger partial charge is 0.368 e. The van der Waals surface area contributed by atoms with Gasteiger partial charge in [0.1, 0.15) is 0 Å². The van der Waals surface area contributed by atoms with E-state index >= 15 is 0 Å². The fourth-order valence-corrected chi connectivity index (χ4v) is 2.84. The Morgan fingerprint density at radius 3 is 0.359 bits per heavy atom. The van der Waals surface area contributed by atoms with E-state index in [4.69, 9.17) is 40.9 Å². The van der Waals surface area contributed by atoms with Crippen LogP contribution in [0.4, 0.5) is 0 Å². The van der Waals surface area contributed by atoms with Gasteiger partial charge < -0.3 is 70.6 Å². The maximum absolute atomic E-state index is 8.57. The smallest absolute Gasteiger partial charge is 0.154 e. The van der Waals surface area contributed by atoms with E-state index in [0.717, 1.165) is 51.4 Å². The second-order valence-corrected chi connectivity index (χ2v) is 7.96. The predicted octanol–water partition coefficient (Wildman–Crippen LogP) is 4.73. The zero-order valence-electron chi connectivity index (χ0n) is 28.0. The van der Waals surface area contributed by atoms with Gasteiger partial charge in [-0.1, -0.05) is 55.4 Å². The van der Waals surface area contributed by atoms with Crippen molar-refractivity contribution < 1.29 is 99.3 Å². The standard InChI is InChI=1S/4C6H14O2.4CH3.3Zn/c4*1-3-5(4-2)6(7)8;;;;;;;/h4*5-8H,3-4H2,1-2H3;4*1H3;;;/q;;;;4*-1;;;. The second-order valence-electron chi connectivity index (χ2n) is 7.96. The molecule has 0 saturated carbocycles. The normalized spacial score (nSPS) is 9.23. The number of hydrogen-bond donors (Lipinski definition) is 8. The van der Waals surface area contributed by atoms with Gasteiger partial charge in [0.2, 0.25) is 0 Å². The molecule has 8 N–H and O–H groups in total. The van der Waals surface area contributed by atoms with E-state index in [1.165, 1.54) is 0 Å². The van der Waals surface area contributed by atoms with Crippen LogP contribution in [-0.2, 0) is 58.4 Å². The third-order valence-electron chi connectivity index (χ3n) is 5.88. The predicted molar refractivity (Wildman–Crippen MR) is 155 cm³/mol. The Morgan fingerprint density at radius 1 is 0.282 bits per heavy atom. The van der Waals surface area contributed by atoms with Crippen molar-refractivity contribution in [3.8, 4) is 0 Å². The maximum atomic E-state index is 8.57. The molecule has 0 atom stereocenters. The van der Waals surface area contributed by atoms with Gasteiger partial charge >= 0.3 is 0 Å². The van der Waals surface area contributed by atoms with E-state index in [1.54, 1.807) is 0 Å². The molecule has 0 bridgehead atoms. The average Bonchev–Trinajstić information content (AvgIpc) is 2.72. The van der Waals surface area contributed by atoms with Crippen molar-refractivity contribution in [3.63, 3.8) is 0 Å². The monoisotopic (exact) mass is 724 g/mol. The molecule has 0 radical (unpaired) electrons. The molecular formula is C28H68O8Zn3-4. The summed E-state index contributed by atoms with van der Waals surface area (Å²) < 4.78 is 0. The molecule has 0 aliphatic heterocycles. The van der Waals surface area contributed by atoms with Gasteiger partial charge in [0.15, 0.2) is 25.2 Å². The van der Waals surface area contributed by atoms with Crippen molar-refractivity contribution in [3.05, 3.63) is 29.7 Å². The number of aliphatic hydroxyl groups excluding tert-OH is 4. The molecule has 11 heteroatoms. The van der Waals surface area contributed by atoms with E-state index in [1.807, 2.05) is 55.4 Å². The molecule has 0 heterocycles. The maximum Gasteiger partial charge on any atom is 0.154 e. The first kappa shape index (κ1) is 72.6. The molecule has 0 fully saturated rings. The fraction of sp³-hybridized carbons (Fsp3) is 0.857. The van der Waals surface area contributed by atoms with Crippen LogP contribution in [0, 0.1) is 53.4 Å². The van der Waals surface area contributed by atoms with Crippen LogP contribution in [0.5, 0.6) is 0 Å². The summed E-state index contributed by atoms with van der Waals surface area (Å²) in [5, 5.41) is 68.5. The van der Waals surface area contributed by atoms with Crippen LogP contribution in [-0.4, -0.2) is 66.0 Å². The molecule has 0 aliphatic carbocycles.